The predicted octanol–water partition coefficient (Wildman–Crippen LogP) is 1.52. The fourth-order valence-corrected chi connectivity index (χ4v) is 0.365. The maximum absolute atomic E-state index is 10.5. The van der Waals surface area contributed by atoms with Crippen molar-refractivity contribution in [3.63, 3.8) is 0 Å². The van der Waals surface area contributed by atoms with Gasteiger partial charge >= 0.3 is 5.97 Å². The summed E-state index contributed by atoms with van der Waals surface area (Å²) in [5.41, 5.74) is 0. The van der Waals surface area contributed by atoms with Gasteiger partial charge in [-0.3, -0.25) is 0 Å². The second-order valence-electron chi connectivity index (χ2n) is 1.69. The molecule has 9 heavy (non-hydrogen) atoms. The zero-order valence-electron chi connectivity index (χ0n) is 6.59. The van der Waals surface area contributed by atoms with Crippen LogP contribution >= 0.6 is 0 Å². The monoisotopic (exact) mass is 129 g/mol. The first-order chi connectivity index (χ1) is 4.81. The van der Waals surface area contributed by atoms with Crippen molar-refractivity contribution in [2.24, 2.45) is 0 Å². The largest absolute Gasteiger partial charge is 0.463 e. The SMILES string of the molecule is [2H]C=CC(=O)OCCCC. The fourth-order valence-electron chi connectivity index (χ4n) is 0.365. The normalized spacial score (nSPS) is 11.4. The van der Waals surface area contributed by atoms with Crippen LogP contribution in [-0.4, -0.2) is 12.6 Å². The van der Waals surface area contributed by atoms with Crippen molar-refractivity contribution < 1.29 is 10.9 Å². The van der Waals surface area contributed by atoms with Crippen LogP contribution in [0.3, 0.4) is 0 Å². The van der Waals surface area contributed by atoms with Gasteiger partial charge in [-0.25, -0.2) is 4.79 Å². The molecule has 0 aliphatic carbocycles. The zero-order chi connectivity index (χ0) is 7.82. The highest BCUT2D eigenvalue weighted by Gasteiger charge is 1.91. The molecule has 0 aromatic rings. The zero-order valence-corrected chi connectivity index (χ0v) is 5.59. The third-order valence-corrected chi connectivity index (χ3v) is 0.878. The van der Waals surface area contributed by atoms with E-state index >= 15 is 0 Å². The van der Waals surface area contributed by atoms with Gasteiger partial charge in [-0.15, -0.1) is 0 Å². The van der Waals surface area contributed by atoms with E-state index in [1.54, 1.807) is 0 Å². The van der Waals surface area contributed by atoms with E-state index in [1.165, 1.54) is 0 Å². The average Bonchev–Trinajstić information content (AvgIpc) is 1.89. The summed E-state index contributed by atoms with van der Waals surface area (Å²) in [6.45, 7) is 3.40. The van der Waals surface area contributed by atoms with Crippen LogP contribution in [0, 0.1) is 0 Å². The maximum Gasteiger partial charge on any atom is 0.330 e. The molecule has 0 radical (unpaired) electrons. The minimum Gasteiger partial charge on any atom is -0.463 e. The van der Waals surface area contributed by atoms with Crippen LogP contribution in [0.1, 0.15) is 21.1 Å². The molecule has 0 aliphatic rings. The predicted molar refractivity (Wildman–Crippen MR) is 36.1 cm³/mol. The van der Waals surface area contributed by atoms with Crippen molar-refractivity contribution in [3.05, 3.63) is 12.6 Å². The molecule has 0 heterocycles. The van der Waals surface area contributed by atoms with Gasteiger partial charge in [0.1, 0.15) is 0 Å². The summed E-state index contributed by atoms with van der Waals surface area (Å²) in [5, 5.41) is 0. The van der Waals surface area contributed by atoms with E-state index in [9.17, 15) is 4.79 Å². The van der Waals surface area contributed by atoms with Crippen molar-refractivity contribution in [1.82, 2.24) is 0 Å². The van der Waals surface area contributed by atoms with E-state index in [0.29, 0.717) is 6.61 Å². The first-order valence-electron chi connectivity index (χ1n) is 3.60. The van der Waals surface area contributed by atoms with E-state index in [0.717, 1.165) is 25.5 Å². The highest BCUT2D eigenvalue weighted by Crippen LogP contribution is 1.88. The van der Waals surface area contributed by atoms with Gasteiger partial charge in [0.15, 0.2) is 0 Å². The number of ether oxygens (including phenoxy) is 1. The van der Waals surface area contributed by atoms with Crippen LogP contribution < -0.4 is 0 Å². The Hall–Kier alpha value is -0.790. The van der Waals surface area contributed by atoms with Gasteiger partial charge < -0.3 is 4.74 Å². The molecule has 0 aliphatic heterocycles. The van der Waals surface area contributed by atoms with Gasteiger partial charge in [0, 0.05) is 6.08 Å². The van der Waals surface area contributed by atoms with Crippen LogP contribution in [0.15, 0.2) is 12.6 Å². The van der Waals surface area contributed by atoms with Crippen LogP contribution in [-0.2, 0) is 9.53 Å². The average molecular weight is 129 g/mol. The standard InChI is InChI=1S/C7H12O2/c1-3-5-6-9-7(8)4-2/h4H,2-3,5-6H2,1H3/i2D. The topological polar surface area (TPSA) is 26.3 Å². The Kier molecular flexibility index (Phi) is 3.76. The van der Waals surface area contributed by atoms with Crippen LogP contribution in [0.4, 0.5) is 0 Å². The molecule has 0 saturated carbocycles. The van der Waals surface area contributed by atoms with E-state index in [4.69, 9.17) is 1.37 Å². The van der Waals surface area contributed by atoms with Crippen LogP contribution in [0.25, 0.3) is 0 Å². The molecule has 0 N–H and O–H groups in total. The van der Waals surface area contributed by atoms with E-state index in [-0.39, 0.29) is 0 Å². The van der Waals surface area contributed by atoms with Gasteiger partial charge in [0.25, 0.3) is 0 Å². The Labute approximate surface area is 56.9 Å². The highest BCUT2D eigenvalue weighted by atomic mass is 16.5. The molecule has 0 aromatic heterocycles. The molecular weight excluding hydrogens is 116 g/mol. The Morgan fingerprint density at radius 1 is 2.00 bits per heavy atom. The van der Waals surface area contributed by atoms with E-state index < -0.39 is 5.97 Å². The second kappa shape index (κ2) is 5.35. The molecule has 2 heteroatoms. The Morgan fingerprint density at radius 2 is 2.78 bits per heavy atom. The second-order valence-corrected chi connectivity index (χ2v) is 1.69. The van der Waals surface area contributed by atoms with Gasteiger partial charge in [0.05, 0.1) is 7.98 Å². The van der Waals surface area contributed by atoms with Crippen molar-refractivity contribution in [2.45, 2.75) is 19.8 Å². The molecule has 0 amide bonds. The highest BCUT2D eigenvalue weighted by molar-refractivity contribution is 5.81. The number of hydrogen-bond acceptors (Lipinski definition) is 2. The smallest absolute Gasteiger partial charge is 0.330 e. The molecule has 0 rings (SSSR count). The number of carbonyl (C=O) groups excluding carboxylic acids is 1. The Bertz CT molecular complexity index is 121. The lowest BCUT2D eigenvalue weighted by atomic mass is 10.4. The summed E-state index contributed by atoms with van der Waals surface area (Å²) in [7, 11) is 0. The molecule has 0 aromatic carbocycles. The molecule has 0 spiro atoms. The van der Waals surface area contributed by atoms with E-state index in [1.807, 2.05) is 6.92 Å². The molecule has 52 valence electrons. The van der Waals surface area contributed by atoms with Crippen molar-refractivity contribution >= 4 is 5.97 Å². The fraction of sp³-hybridized carbons (Fsp3) is 0.571. The summed E-state index contributed by atoms with van der Waals surface area (Å²) >= 11 is 0. The minimum atomic E-state index is -0.427. The molecule has 0 atom stereocenters. The summed E-state index contributed by atoms with van der Waals surface area (Å²) in [5.74, 6) is -0.427. The van der Waals surface area contributed by atoms with Gasteiger partial charge in [-0.2, -0.15) is 0 Å². The number of rotatable bonds is 4. The van der Waals surface area contributed by atoms with Crippen molar-refractivity contribution in [1.29, 1.82) is 0 Å². The summed E-state index contributed by atoms with van der Waals surface area (Å²) in [6.07, 6.45) is 2.99. The summed E-state index contributed by atoms with van der Waals surface area (Å²) in [6, 6.07) is 0. The number of esters is 1. The third kappa shape index (κ3) is 5.07. The van der Waals surface area contributed by atoms with Gasteiger partial charge in [0.2, 0.25) is 0 Å². The minimum absolute atomic E-state index is 0.427. The third-order valence-electron chi connectivity index (χ3n) is 0.878. The van der Waals surface area contributed by atoms with E-state index in [2.05, 4.69) is 4.74 Å². The molecule has 0 unspecified atom stereocenters. The van der Waals surface area contributed by atoms with Crippen LogP contribution in [0.2, 0.25) is 0 Å². The molecule has 0 fully saturated rings. The Balaban J connectivity index is 3.22. The summed E-state index contributed by atoms with van der Waals surface area (Å²) < 4.78 is 11.2. The lowest BCUT2D eigenvalue weighted by molar-refractivity contribution is -0.137. The lowest BCUT2D eigenvalue weighted by Crippen LogP contribution is -2.00. The van der Waals surface area contributed by atoms with Crippen molar-refractivity contribution in [2.75, 3.05) is 6.61 Å². The van der Waals surface area contributed by atoms with Gasteiger partial charge in [-0.05, 0) is 6.42 Å². The molecule has 2 nitrogen and oxygen atoms in total. The van der Waals surface area contributed by atoms with Crippen molar-refractivity contribution in [3.8, 4) is 0 Å². The first kappa shape index (κ1) is 6.33. The van der Waals surface area contributed by atoms with Crippen LogP contribution in [0.5, 0.6) is 0 Å². The lowest BCUT2D eigenvalue weighted by Gasteiger charge is -1.97. The molecule has 0 bridgehead atoms. The number of unbranched alkanes of at least 4 members (excludes halogenated alkanes) is 1. The number of carbonyl (C=O) groups is 1. The first-order valence-corrected chi connectivity index (χ1v) is 3.03. The number of hydrogen-bond donors (Lipinski definition) is 0. The summed E-state index contributed by atoms with van der Waals surface area (Å²) in [4.78, 5) is 10.5. The quantitative estimate of drug-likeness (QED) is 0.327. The molecular formula is C7H12O2. The van der Waals surface area contributed by atoms with Gasteiger partial charge in [-0.1, -0.05) is 19.9 Å². The maximum atomic E-state index is 10.5. The molecule has 0 saturated heterocycles. The Morgan fingerprint density at radius 3 is 3.33 bits per heavy atom.